The highest BCUT2D eigenvalue weighted by atomic mass is 35.5. The molecule has 32 heavy (non-hydrogen) atoms. The van der Waals surface area contributed by atoms with Crippen molar-refractivity contribution in [1.29, 1.82) is 0 Å². The van der Waals surface area contributed by atoms with Crippen LogP contribution in [0.25, 0.3) is 11.0 Å². The number of carbonyl (C=O) groups excluding carboxylic acids is 1. The monoisotopic (exact) mass is 483 g/mol. The van der Waals surface area contributed by atoms with E-state index in [1.807, 2.05) is 32.0 Å². The van der Waals surface area contributed by atoms with Crippen LogP contribution in [0.4, 0.5) is 5.69 Å². The zero-order valence-electron chi connectivity index (χ0n) is 17.1. The van der Waals surface area contributed by atoms with Gasteiger partial charge >= 0.3 is 0 Å². The lowest BCUT2D eigenvalue weighted by Gasteiger charge is -2.26. The van der Waals surface area contributed by atoms with Crippen LogP contribution < -0.4 is 10.3 Å². The van der Waals surface area contributed by atoms with Crippen LogP contribution in [0.3, 0.4) is 0 Å². The summed E-state index contributed by atoms with van der Waals surface area (Å²) < 4.78 is 5.95. The quantitative estimate of drug-likeness (QED) is 0.304. The first-order valence-corrected chi connectivity index (χ1v) is 11.0. The van der Waals surface area contributed by atoms with Crippen LogP contribution in [0.15, 0.2) is 63.8 Å². The zero-order valence-corrected chi connectivity index (χ0v) is 19.3. The maximum Gasteiger partial charge on any atom is 0.295 e. The fraction of sp³-hybridized carbons (Fsp3) is 0.120. The average molecular weight is 485 g/mol. The van der Waals surface area contributed by atoms with Gasteiger partial charge < -0.3 is 4.42 Å². The van der Waals surface area contributed by atoms with E-state index in [0.717, 1.165) is 11.1 Å². The normalized spacial score (nSPS) is 15.5. The van der Waals surface area contributed by atoms with Gasteiger partial charge in [0.2, 0.25) is 5.76 Å². The zero-order chi connectivity index (χ0) is 22.7. The van der Waals surface area contributed by atoms with E-state index in [2.05, 4.69) is 0 Å². The number of nitrogens with zero attached hydrogens (tertiary/aromatic N) is 1. The van der Waals surface area contributed by atoms with Crippen molar-refractivity contribution in [3.05, 3.63) is 108 Å². The highest BCUT2D eigenvalue weighted by Gasteiger charge is 2.43. The summed E-state index contributed by atoms with van der Waals surface area (Å²) in [5.74, 6) is -0.382. The fourth-order valence-electron chi connectivity index (χ4n) is 4.08. The third-order valence-electron chi connectivity index (χ3n) is 5.86. The van der Waals surface area contributed by atoms with Crippen molar-refractivity contribution >= 4 is 57.4 Å². The molecule has 0 spiro atoms. The van der Waals surface area contributed by atoms with Gasteiger partial charge in [-0.15, -0.1) is 0 Å². The van der Waals surface area contributed by atoms with E-state index in [4.69, 9.17) is 39.2 Å². The molecule has 0 bridgehead atoms. The van der Waals surface area contributed by atoms with Gasteiger partial charge in [0.15, 0.2) is 5.43 Å². The first-order chi connectivity index (χ1) is 15.3. The third kappa shape index (κ3) is 3.22. The fourth-order valence-corrected chi connectivity index (χ4v) is 4.56. The Morgan fingerprint density at radius 2 is 1.62 bits per heavy atom. The largest absolute Gasteiger partial charge is 0.450 e. The molecule has 1 amide bonds. The second-order valence-electron chi connectivity index (χ2n) is 7.83. The number of hydrogen-bond donors (Lipinski definition) is 0. The average Bonchev–Trinajstić information content (AvgIpc) is 3.05. The van der Waals surface area contributed by atoms with Crippen LogP contribution in [0.1, 0.15) is 38.9 Å². The van der Waals surface area contributed by atoms with Crippen LogP contribution in [0.5, 0.6) is 0 Å². The Hall–Kier alpha value is -2.79. The summed E-state index contributed by atoms with van der Waals surface area (Å²) >= 11 is 18.6. The summed E-state index contributed by atoms with van der Waals surface area (Å²) in [6, 6.07) is 14.9. The Morgan fingerprint density at radius 3 is 2.34 bits per heavy atom. The molecular formula is C25H16Cl3NO3. The molecule has 0 fully saturated rings. The molecule has 1 aromatic heterocycles. The van der Waals surface area contributed by atoms with Gasteiger partial charge in [0.1, 0.15) is 5.58 Å². The van der Waals surface area contributed by atoms with Crippen molar-refractivity contribution in [2.24, 2.45) is 0 Å². The highest BCUT2D eigenvalue weighted by molar-refractivity contribution is 6.42. The standard InChI is InChI=1S/C25H16Cl3NO3/c1-12-3-6-16(9-13(12)2)29-22(14-4-7-18(27)19(28)10-14)21-23(30)17-11-15(26)5-8-20(17)32-24(21)25(29)31/h3-11,22H,1-2H3. The third-order valence-corrected chi connectivity index (χ3v) is 6.83. The molecule has 0 radical (unpaired) electrons. The minimum atomic E-state index is -0.728. The van der Waals surface area contributed by atoms with Gasteiger partial charge in [0, 0.05) is 10.7 Å². The van der Waals surface area contributed by atoms with E-state index in [-0.39, 0.29) is 16.8 Å². The van der Waals surface area contributed by atoms with Crippen LogP contribution in [-0.2, 0) is 0 Å². The highest BCUT2D eigenvalue weighted by Crippen LogP contribution is 2.42. The van der Waals surface area contributed by atoms with Gasteiger partial charge in [0.25, 0.3) is 5.91 Å². The minimum Gasteiger partial charge on any atom is -0.450 e. The van der Waals surface area contributed by atoms with E-state index in [1.54, 1.807) is 41.3 Å². The van der Waals surface area contributed by atoms with Gasteiger partial charge in [-0.05, 0) is 73.0 Å². The number of halogens is 3. The first kappa shape index (κ1) is 21.1. The summed E-state index contributed by atoms with van der Waals surface area (Å²) in [5.41, 5.74) is 3.68. The van der Waals surface area contributed by atoms with Crippen LogP contribution in [0.2, 0.25) is 15.1 Å². The number of aryl methyl sites for hydroxylation is 2. The topological polar surface area (TPSA) is 50.5 Å². The summed E-state index contributed by atoms with van der Waals surface area (Å²) in [6.07, 6.45) is 0. The van der Waals surface area contributed by atoms with E-state index in [0.29, 0.717) is 37.3 Å². The van der Waals surface area contributed by atoms with E-state index in [9.17, 15) is 9.59 Å². The lowest BCUT2D eigenvalue weighted by molar-refractivity contribution is 0.0971. The molecule has 0 aliphatic carbocycles. The van der Waals surface area contributed by atoms with Crippen molar-refractivity contribution in [2.45, 2.75) is 19.9 Å². The SMILES string of the molecule is Cc1ccc(N2C(=O)c3oc4ccc(Cl)cc4c(=O)c3C2c2ccc(Cl)c(Cl)c2)cc1C. The van der Waals surface area contributed by atoms with Crippen molar-refractivity contribution < 1.29 is 9.21 Å². The first-order valence-electron chi connectivity index (χ1n) is 9.88. The molecule has 1 unspecified atom stereocenters. The number of benzene rings is 3. The smallest absolute Gasteiger partial charge is 0.295 e. The van der Waals surface area contributed by atoms with Gasteiger partial charge in [-0.1, -0.05) is 46.9 Å². The summed E-state index contributed by atoms with van der Waals surface area (Å²) in [4.78, 5) is 28.8. The molecule has 0 saturated carbocycles. The number of amides is 1. The predicted octanol–water partition coefficient (Wildman–Crippen LogP) is 7.12. The van der Waals surface area contributed by atoms with E-state index < -0.39 is 11.9 Å². The van der Waals surface area contributed by atoms with Gasteiger partial charge in [-0.3, -0.25) is 14.5 Å². The molecule has 7 heteroatoms. The maximum absolute atomic E-state index is 13.6. The molecule has 160 valence electrons. The number of rotatable bonds is 2. The Morgan fingerprint density at radius 1 is 0.844 bits per heavy atom. The molecule has 5 rings (SSSR count). The van der Waals surface area contributed by atoms with Crippen LogP contribution in [0, 0.1) is 13.8 Å². The van der Waals surface area contributed by atoms with Gasteiger partial charge in [-0.25, -0.2) is 0 Å². The van der Waals surface area contributed by atoms with E-state index >= 15 is 0 Å². The lowest BCUT2D eigenvalue weighted by Crippen LogP contribution is -2.29. The predicted molar refractivity (Wildman–Crippen MR) is 129 cm³/mol. The van der Waals surface area contributed by atoms with Crippen molar-refractivity contribution in [3.8, 4) is 0 Å². The van der Waals surface area contributed by atoms with Gasteiger partial charge in [-0.2, -0.15) is 0 Å². The molecular weight excluding hydrogens is 469 g/mol. The number of hydrogen-bond acceptors (Lipinski definition) is 3. The maximum atomic E-state index is 13.6. The molecule has 0 N–H and O–H groups in total. The minimum absolute atomic E-state index is 0.0131. The Kier molecular flexibility index (Phi) is 5.05. The number of carbonyl (C=O) groups is 1. The molecule has 1 aliphatic heterocycles. The Bertz CT molecular complexity index is 1490. The molecule has 3 aromatic carbocycles. The van der Waals surface area contributed by atoms with Crippen LogP contribution in [-0.4, -0.2) is 5.91 Å². The van der Waals surface area contributed by atoms with Crippen molar-refractivity contribution in [3.63, 3.8) is 0 Å². The summed E-state index contributed by atoms with van der Waals surface area (Å²) in [5, 5.41) is 1.44. The molecule has 1 atom stereocenters. The number of anilines is 1. The molecule has 4 aromatic rings. The lowest BCUT2D eigenvalue weighted by atomic mass is 9.98. The molecule has 1 aliphatic rings. The van der Waals surface area contributed by atoms with Gasteiger partial charge in [0.05, 0.1) is 27.0 Å². The molecule has 4 nitrogen and oxygen atoms in total. The Balaban J connectivity index is 1.83. The number of fused-ring (bicyclic) bond motifs is 2. The van der Waals surface area contributed by atoms with Crippen molar-refractivity contribution in [1.82, 2.24) is 0 Å². The molecule has 2 heterocycles. The van der Waals surface area contributed by atoms with E-state index in [1.165, 1.54) is 0 Å². The summed E-state index contributed by atoms with van der Waals surface area (Å²) in [7, 11) is 0. The second-order valence-corrected chi connectivity index (χ2v) is 9.09. The second kappa shape index (κ2) is 7.66. The van der Waals surface area contributed by atoms with Crippen LogP contribution >= 0.6 is 34.8 Å². The van der Waals surface area contributed by atoms with Crippen molar-refractivity contribution in [2.75, 3.05) is 4.90 Å². The Labute approximate surface area is 198 Å². The molecule has 0 saturated heterocycles. The summed E-state index contributed by atoms with van der Waals surface area (Å²) in [6.45, 7) is 3.97.